The summed E-state index contributed by atoms with van der Waals surface area (Å²) in [5, 5.41) is 13.4. The van der Waals surface area contributed by atoms with Gasteiger partial charge in [0.2, 0.25) is 5.13 Å². The molecule has 132 valence electrons. The van der Waals surface area contributed by atoms with Gasteiger partial charge in [0.05, 0.1) is 23.6 Å². The van der Waals surface area contributed by atoms with Gasteiger partial charge in [0.1, 0.15) is 0 Å². The number of benzene rings is 1. The first-order valence-corrected chi connectivity index (χ1v) is 9.10. The number of alkyl halides is 2. The van der Waals surface area contributed by atoms with Crippen molar-refractivity contribution in [3.63, 3.8) is 0 Å². The summed E-state index contributed by atoms with van der Waals surface area (Å²) < 4.78 is 29.8. The van der Waals surface area contributed by atoms with E-state index in [0.29, 0.717) is 11.1 Å². The van der Waals surface area contributed by atoms with E-state index < -0.39 is 18.3 Å². The third-order valence-corrected chi connectivity index (χ3v) is 4.94. The first-order valence-electron chi connectivity index (χ1n) is 7.45. The number of halogens is 2. The minimum Gasteiger partial charge on any atom is -0.297 e. The molecule has 3 aromatic rings. The fourth-order valence-electron chi connectivity index (χ4n) is 2.17. The number of carbonyl (C=O) groups is 1. The Kier molecular flexibility index (Phi) is 5.06. The average molecular weight is 390 g/mol. The van der Waals surface area contributed by atoms with E-state index >= 15 is 0 Å². The van der Waals surface area contributed by atoms with Gasteiger partial charge < -0.3 is 0 Å². The van der Waals surface area contributed by atoms with Gasteiger partial charge in [-0.2, -0.15) is 9.64 Å². The third kappa shape index (κ3) is 4.47. The van der Waals surface area contributed by atoms with Gasteiger partial charge in [0.25, 0.3) is 11.8 Å². The number of hydrogen-bond donors (Lipinski definition) is 1. The molecule has 5 nitrogen and oxygen atoms in total. The van der Waals surface area contributed by atoms with Crippen LogP contribution in [0.4, 0.5) is 13.9 Å². The summed E-state index contributed by atoms with van der Waals surface area (Å²) in [6.45, 7) is 0.792. The van der Waals surface area contributed by atoms with E-state index in [1.807, 2.05) is 6.07 Å². The van der Waals surface area contributed by atoms with Gasteiger partial charge in [0, 0.05) is 21.8 Å². The van der Waals surface area contributed by atoms with E-state index in [9.17, 15) is 13.6 Å². The molecule has 2 aromatic heterocycles. The van der Waals surface area contributed by atoms with Crippen LogP contribution in [0.2, 0.25) is 0 Å². The van der Waals surface area contributed by atoms with E-state index in [1.165, 1.54) is 11.3 Å². The van der Waals surface area contributed by atoms with Crippen molar-refractivity contribution < 1.29 is 13.6 Å². The molecule has 0 fully saturated rings. The lowest BCUT2D eigenvalue weighted by Gasteiger charge is -2.05. The highest BCUT2D eigenvalue weighted by molar-refractivity contribution is 7.14. The second-order valence-corrected chi connectivity index (χ2v) is 7.27. The molecule has 1 amide bonds. The van der Waals surface area contributed by atoms with Gasteiger partial charge in [-0.05, 0) is 30.7 Å². The van der Waals surface area contributed by atoms with Crippen molar-refractivity contribution in [3.05, 3.63) is 52.7 Å². The zero-order valence-electron chi connectivity index (χ0n) is 13.5. The predicted octanol–water partition coefficient (Wildman–Crippen LogP) is 4.59. The molecule has 0 unspecified atom stereocenters. The second kappa shape index (κ2) is 7.27. The average Bonchev–Trinajstić information content (AvgIpc) is 3.23. The van der Waals surface area contributed by atoms with Crippen LogP contribution in [0, 0.1) is 11.3 Å². The molecule has 0 atom stereocenters. The molecule has 1 N–H and O–H groups in total. The number of nitriles is 1. The normalized spacial score (nSPS) is 11.2. The first kappa shape index (κ1) is 18.1. The van der Waals surface area contributed by atoms with Crippen LogP contribution in [-0.2, 0) is 6.42 Å². The maximum atomic E-state index is 13.0. The molecule has 0 aliphatic carbocycles. The minimum atomic E-state index is -2.90. The zero-order chi connectivity index (χ0) is 18.7. The molecular formula is C17H12F2N4OS2. The summed E-state index contributed by atoms with van der Waals surface area (Å²) in [5.41, 5.74) is 1.80. The molecule has 2 heterocycles. The number of anilines is 1. The predicted molar refractivity (Wildman–Crippen MR) is 96.7 cm³/mol. The fraction of sp³-hybridized carbons (Fsp3) is 0.176. The van der Waals surface area contributed by atoms with Crippen molar-refractivity contribution in [2.24, 2.45) is 0 Å². The summed E-state index contributed by atoms with van der Waals surface area (Å²) in [6, 6.07) is 10.9. The lowest BCUT2D eigenvalue weighted by Crippen LogP contribution is -2.15. The van der Waals surface area contributed by atoms with Crippen LogP contribution in [0.5, 0.6) is 0 Å². The van der Waals surface area contributed by atoms with Crippen molar-refractivity contribution in [2.75, 3.05) is 5.32 Å². The summed E-state index contributed by atoms with van der Waals surface area (Å²) in [6.07, 6.45) is -0.572. The largest absolute Gasteiger partial charge is 0.297 e. The van der Waals surface area contributed by atoms with E-state index in [2.05, 4.69) is 20.7 Å². The molecule has 0 saturated carbocycles. The lowest BCUT2D eigenvalue weighted by atomic mass is 10.1. The number of nitrogens with zero attached hydrogens (tertiary/aromatic N) is 3. The number of amides is 1. The van der Waals surface area contributed by atoms with Crippen LogP contribution in [0.1, 0.15) is 28.7 Å². The minimum absolute atomic E-state index is 0.00266. The number of nitrogens with one attached hydrogen (secondary N) is 1. The highest BCUT2D eigenvalue weighted by Gasteiger charge is 2.24. The van der Waals surface area contributed by atoms with Crippen LogP contribution in [0.3, 0.4) is 0 Å². The van der Waals surface area contributed by atoms with Crippen LogP contribution in [0.25, 0.3) is 10.4 Å². The molecule has 9 heteroatoms. The zero-order valence-corrected chi connectivity index (χ0v) is 15.1. The Morgan fingerprint density at radius 2 is 2.19 bits per heavy atom. The quantitative estimate of drug-likeness (QED) is 0.691. The Morgan fingerprint density at radius 3 is 2.92 bits per heavy atom. The number of hydrogen-bond acceptors (Lipinski definition) is 6. The molecular weight excluding hydrogens is 378 g/mol. The highest BCUT2D eigenvalue weighted by atomic mass is 32.1. The number of rotatable bonds is 5. The Morgan fingerprint density at radius 1 is 1.38 bits per heavy atom. The Labute approximate surface area is 156 Å². The van der Waals surface area contributed by atoms with Crippen LogP contribution < -0.4 is 5.32 Å². The van der Waals surface area contributed by atoms with E-state index in [0.717, 1.165) is 28.9 Å². The van der Waals surface area contributed by atoms with Crippen LogP contribution >= 0.6 is 22.9 Å². The number of thiophene rings is 1. The van der Waals surface area contributed by atoms with Gasteiger partial charge in [-0.15, -0.1) is 11.3 Å². The van der Waals surface area contributed by atoms with E-state index in [-0.39, 0.29) is 11.0 Å². The maximum Gasteiger partial charge on any atom is 0.258 e. The van der Waals surface area contributed by atoms with Crippen molar-refractivity contribution in [1.82, 2.24) is 9.36 Å². The van der Waals surface area contributed by atoms with Crippen LogP contribution in [0.15, 0.2) is 35.7 Å². The summed E-state index contributed by atoms with van der Waals surface area (Å²) >= 11 is 2.23. The lowest BCUT2D eigenvalue weighted by molar-refractivity contribution is 0.0209. The Hall–Kier alpha value is -2.70. The third-order valence-electron chi connectivity index (χ3n) is 3.29. The van der Waals surface area contributed by atoms with Crippen molar-refractivity contribution >= 4 is 33.9 Å². The van der Waals surface area contributed by atoms with Gasteiger partial charge in [0.15, 0.2) is 5.82 Å². The van der Waals surface area contributed by atoms with E-state index in [1.54, 1.807) is 29.6 Å². The summed E-state index contributed by atoms with van der Waals surface area (Å²) in [5.74, 6) is -3.30. The monoisotopic (exact) mass is 390 g/mol. The van der Waals surface area contributed by atoms with Crippen LogP contribution in [-0.4, -0.2) is 21.2 Å². The topological polar surface area (TPSA) is 78.7 Å². The Bertz CT molecular complexity index is 985. The maximum absolute atomic E-state index is 13.0. The molecule has 0 saturated heterocycles. The van der Waals surface area contributed by atoms with Crippen molar-refractivity contribution in [2.45, 2.75) is 19.3 Å². The first-order chi connectivity index (χ1) is 12.3. The smallest absolute Gasteiger partial charge is 0.258 e. The summed E-state index contributed by atoms with van der Waals surface area (Å²) in [7, 11) is 0. The van der Waals surface area contributed by atoms with Gasteiger partial charge in [-0.25, -0.2) is 13.8 Å². The SMILES string of the molecule is CC(F)(F)Cc1nsc(NC(=O)c2csc(-c3cccc(C#N)c3)c2)n1. The standard InChI is InChI=1S/C17H12F2N4OS2/c1-17(18,19)7-14-21-16(26-23-14)22-15(24)12-6-13(25-9-12)11-4-2-3-10(5-11)8-20/h2-6,9H,7H2,1H3,(H,21,22,23,24). The molecule has 3 rings (SSSR count). The highest BCUT2D eigenvalue weighted by Crippen LogP contribution is 2.28. The molecule has 0 aliphatic rings. The van der Waals surface area contributed by atoms with E-state index in [4.69, 9.17) is 5.26 Å². The van der Waals surface area contributed by atoms with Gasteiger partial charge in [-0.1, -0.05) is 12.1 Å². The molecule has 1 aromatic carbocycles. The molecule has 26 heavy (non-hydrogen) atoms. The molecule has 0 aliphatic heterocycles. The second-order valence-electron chi connectivity index (χ2n) is 5.61. The Balaban J connectivity index is 1.71. The van der Waals surface area contributed by atoms with Gasteiger partial charge >= 0.3 is 0 Å². The number of carbonyl (C=O) groups excluding carboxylic acids is 1. The molecule has 0 spiro atoms. The summed E-state index contributed by atoms with van der Waals surface area (Å²) in [4.78, 5) is 17.1. The molecule has 0 bridgehead atoms. The van der Waals surface area contributed by atoms with Crippen molar-refractivity contribution in [3.8, 4) is 16.5 Å². The van der Waals surface area contributed by atoms with Gasteiger partial charge in [-0.3, -0.25) is 10.1 Å². The molecule has 0 radical (unpaired) electrons. The fourth-order valence-corrected chi connectivity index (χ4v) is 3.64. The number of aromatic nitrogens is 2. The van der Waals surface area contributed by atoms with Crippen molar-refractivity contribution in [1.29, 1.82) is 5.26 Å².